The van der Waals surface area contributed by atoms with Crippen LogP contribution in [0.15, 0.2) is 0 Å². The molecule has 0 bridgehead atoms. The van der Waals surface area contributed by atoms with Gasteiger partial charge >= 0.3 is 35.0 Å². The van der Waals surface area contributed by atoms with Crippen LogP contribution in [0.4, 0.5) is 0 Å². The third-order valence-electron chi connectivity index (χ3n) is 1.65. The first-order valence-corrected chi connectivity index (χ1v) is 12.4. The maximum atomic E-state index is 4.94. The number of halogens is 2. The van der Waals surface area contributed by atoms with E-state index in [2.05, 4.69) is 0 Å². The standard InChI is InChI=1S/2C4H8O.4C2H6.2ClH.Pd/c2*1-2-4-5-3-1;4*1-2;;;/h2*1-4H2;4*1-2H3;2*1H;/q;;;;;;;;+2/p-2. The fraction of sp³-hybridized carbons (Fsp3) is 1.00. The number of rotatable bonds is 0. The molecule has 140 valence electrons. The van der Waals surface area contributed by atoms with Crippen LogP contribution in [0.3, 0.4) is 0 Å². The molecule has 2 saturated heterocycles. The van der Waals surface area contributed by atoms with Crippen molar-refractivity contribution in [3.05, 3.63) is 0 Å². The molecule has 0 aliphatic carbocycles. The number of ether oxygens (including phenoxy) is 2. The summed E-state index contributed by atoms with van der Waals surface area (Å²) in [5.74, 6) is 0. The van der Waals surface area contributed by atoms with Crippen LogP contribution < -0.4 is 0 Å². The topological polar surface area (TPSA) is 18.5 Å². The van der Waals surface area contributed by atoms with Crippen LogP contribution in [0, 0.1) is 0 Å². The van der Waals surface area contributed by atoms with Gasteiger partial charge in [-0.3, -0.25) is 0 Å². The average molecular weight is 442 g/mol. The van der Waals surface area contributed by atoms with Gasteiger partial charge in [-0.05, 0) is 25.7 Å². The molecule has 2 fully saturated rings. The summed E-state index contributed by atoms with van der Waals surface area (Å²) in [6.07, 6.45) is 5.11. The van der Waals surface area contributed by atoms with E-state index in [0.717, 1.165) is 26.4 Å². The van der Waals surface area contributed by atoms with Crippen molar-refractivity contribution in [3.8, 4) is 0 Å². The second kappa shape index (κ2) is 58.2. The minimum atomic E-state index is -0.106. The van der Waals surface area contributed by atoms with Crippen LogP contribution in [0.1, 0.15) is 81.1 Å². The van der Waals surface area contributed by atoms with Gasteiger partial charge in [0.15, 0.2) is 0 Å². The van der Waals surface area contributed by atoms with Crippen molar-refractivity contribution in [3.63, 3.8) is 0 Å². The summed E-state index contributed by atoms with van der Waals surface area (Å²) in [7, 11) is 9.63. The van der Waals surface area contributed by atoms with Gasteiger partial charge in [0.2, 0.25) is 0 Å². The molecule has 0 amide bonds. The molecule has 21 heavy (non-hydrogen) atoms. The van der Waals surface area contributed by atoms with E-state index in [9.17, 15) is 0 Å². The van der Waals surface area contributed by atoms with Gasteiger partial charge in [-0.2, -0.15) is 0 Å². The van der Waals surface area contributed by atoms with Crippen LogP contribution in [-0.2, 0) is 25.4 Å². The van der Waals surface area contributed by atoms with Crippen molar-refractivity contribution < 1.29 is 25.4 Å². The van der Waals surface area contributed by atoms with Crippen molar-refractivity contribution in [1.29, 1.82) is 0 Å². The molecular formula is C16H40Cl2O2Pd. The molecule has 2 nitrogen and oxygen atoms in total. The Labute approximate surface area is 151 Å². The Balaban J connectivity index is -0.0000000505. The summed E-state index contributed by atoms with van der Waals surface area (Å²) < 4.78 is 9.89. The predicted octanol–water partition coefficient (Wildman–Crippen LogP) is 7.07. The first-order chi connectivity index (χ1) is 10.4. The first-order valence-electron chi connectivity index (χ1n) is 8.39. The zero-order valence-corrected chi connectivity index (χ0v) is 18.6. The molecule has 0 spiro atoms. The summed E-state index contributed by atoms with van der Waals surface area (Å²) in [4.78, 5) is 0. The van der Waals surface area contributed by atoms with E-state index in [1.165, 1.54) is 25.7 Å². The molecule has 2 rings (SSSR count). The summed E-state index contributed by atoms with van der Waals surface area (Å²) in [6, 6.07) is 0. The van der Waals surface area contributed by atoms with E-state index < -0.39 is 0 Å². The molecular weight excluding hydrogens is 402 g/mol. The van der Waals surface area contributed by atoms with Gasteiger partial charge in [0.1, 0.15) is 0 Å². The van der Waals surface area contributed by atoms with E-state index in [-0.39, 0.29) is 15.9 Å². The molecule has 0 saturated carbocycles. The molecule has 0 N–H and O–H groups in total. The average Bonchev–Trinajstić information content (AvgIpc) is 3.33. The maximum absolute atomic E-state index is 4.94. The van der Waals surface area contributed by atoms with E-state index in [4.69, 9.17) is 28.5 Å². The molecule has 0 radical (unpaired) electrons. The van der Waals surface area contributed by atoms with Gasteiger partial charge in [-0.25, -0.2) is 0 Å². The van der Waals surface area contributed by atoms with Crippen molar-refractivity contribution in [1.82, 2.24) is 0 Å². The van der Waals surface area contributed by atoms with Crippen LogP contribution in [0.25, 0.3) is 0 Å². The molecule has 2 aliphatic heterocycles. The summed E-state index contributed by atoms with van der Waals surface area (Å²) >= 11 is -0.106. The molecule has 0 aromatic heterocycles. The molecule has 0 aromatic rings. The number of hydrogen-bond donors (Lipinski definition) is 0. The molecule has 0 aromatic carbocycles. The predicted molar refractivity (Wildman–Crippen MR) is 97.2 cm³/mol. The van der Waals surface area contributed by atoms with Crippen molar-refractivity contribution >= 4 is 19.1 Å². The van der Waals surface area contributed by atoms with Crippen LogP contribution >= 0.6 is 19.1 Å². The van der Waals surface area contributed by atoms with E-state index >= 15 is 0 Å². The van der Waals surface area contributed by atoms with Crippen molar-refractivity contribution in [2.75, 3.05) is 26.4 Å². The third-order valence-corrected chi connectivity index (χ3v) is 1.65. The third kappa shape index (κ3) is 62.4. The second-order valence-electron chi connectivity index (χ2n) is 2.68. The molecule has 0 unspecified atom stereocenters. The Bertz CT molecular complexity index is 67.1. The van der Waals surface area contributed by atoms with Gasteiger partial charge in [0, 0.05) is 26.4 Å². The van der Waals surface area contributed by atoms with Gasteiger partial charge in [-0.1, -0.05) is 55.4 Å². The molecule has 0 atom stereocenters. The Morgan fingerprint density at radius 1 is 0.524 bits per heavy atom. The van der Waals surface area contributed by atoms with E-state index in [1.54, 1.807) is 0 Å². The van der Waals surface area contributed by atoms with Crippen LogP contribution in [0.5, 0.6) is 0 Å². The van der Waals surface area contributed by atoms with Crippen molar-refractivity contribution in [2.45, 2.75) is 81.1 Å². The van der Waals surface area contributed by atoms with E-state index in [0.29, 0.717) is 0 Å². The van der Waals surface area contributed by atoms with Gasteiger partial charge in [0.05, 0.1) is 0 Å². The SMILES string of the molecule is C1CCOC1.C1CCOC1.CC.CC.CC.CC.[Cl][Pd][Cl]. The molecule has 2 heterocycles. The summed E-state index contributed by atoms with van der Waals surface area (Å²) in [6.45, 7) is 20.0. The van der Waals surface area contributed by atoms with Gasteiger partial charge in [-0.15, -0.1) is 0 Å². The number of hydrogen-bond acceptors (Lipinski definition) is 2. The minimum absolute atomic E-state index is 0.106. The second-order valence-corrected chi connectivity index (χ2v) is 5.04. The van der Waals surface area contributed by atoms with Gasteiger partial charge < -0.3 is 9.47 Å². The molecule has 2 aliphatic rings. The van der Waals surface area contributed by atoms with Crippen LogP contribution in [0.2, 0.25) is 0 Å². The molecule has 5 heteroatoms. The Morgan fingerprint density at radius 2 is 0.667 bits per heavy atom. The fourth-order valence-corrected chi connectivity index (χ4v) is 1.02. The first kappa shape index (κ1) is 33.7. The summed E-state index contributed by atoms with van der Waals surface area (Å²) in [5, 5.41) is 0. The summed E-state index contributed by atoms with van der Waals surface area (Å²) in [5.41, 5.74) is 0. The fourth-order valence-electron chi connectivity index (χ4n) is 1.02. The zero-order chi connectivity index (χ0) is 17.8. The Morgan fingerprint density at radius 3 is 0.714 bits per heavy atom. The van der Waals surface area contributed by atoms with Crippen molar-refractivity contribution in [2.24, 2.45) is 0 Å². The van der Waals surface area contributed by atoms with E-state index in [1.807, 2.05) is 55.4 Å². The van der Waals surface area contributed by atoms with Crippen LogP contribution in [-0.4, -0.2) is 26.4 Å². The Kier molecular flexibility index (Phi) is 93.3. The quantitative estimate of drug-likeness (QED) is 0.374. The monoisotopic (exact) mass is 440 g/mol. The Hall–Kier alpha value is 1.16. The van der Waals surface area contributed by atoms with Gasteiger partial charge in [0.25, 0.3) is 0 Å². The normalized spacial score (nSPS) is 13.6. The zero-order valence-electron chi connectivity index (χ0n) is 15.5.